The highest BCUT2D eigenvalue weighted by atomic mass is 19.4. The summed E-state index contributed by atoms with van der Waals surface area (Å²) < 4.78 is 44.6. The molecule has 0 radical (unpaired) electrons. The van der Waals surface area contributed by atoms with Crippen LogP contribution >= 0.6 is 0 Å². The highest BCUT2D eigenvalue weighted by Gasteiger charge is 2.41. The van der Waals surface area contributed by atoms with Crippen molar-refractivity contribution in [3.05, 3.63) is 53.6 Å². The largest absolute Gasteiger partial charge is 0.467 e. The van der Waals surface area contributed by atoms with Gasteiger partial charge in [-0.3, -0.25) is 0 Å². The highest BCUT2D eigenvalue weighted by Crippen LogP contribution is 2.47. The number of fused-ring (bicyclic) bond motifs is 3. The van der Waals surface area contributed by atoms with Gasteiger partial charge in [-0.05, 0) is 23.8 Å². The van der Waals surface area contributed by atoms with Crippen molar-refractivity contribution in [3.63, 3.8) is 0 Å². The van der Waals surface area contributed by atoms with E-state index in [0.717, 1.165) is 12.1 Å². The molecule has 0 saturated heterocycles. The lowest BCUT2D eigenvalue weighted by Crippen LogP contribution is -2.34. The van der Waals surface area contributed by atoms with Crippen molar-refractivity contribution >= 4 is 0 Å². The molecule has 3 rings (SSSR count). The number of benzene rings is 2. The lowest BCUT2D eigenvalue weighted by atomic mass is 9.83. The minimum absolute atomic E-state index is 0.301. The van der Waals surface area contributed by atoms with Crippen molar-refractivity contribution in [2.45, 2.75) is 25.1 Å². The zero-order chi connectivity index (χ0) is 16.0. The number of ether oxygens (including phenoxy) is 1. The van der Waals surface area contributed by atoms with Crippen LogP contribution in [0.5, 0.6) is 5.75 Å². The lowest BCUT2D eigenvalue weighted by molar-refractivity contribution is -0.137. The Bertz CT molecular complexity index is 776. The van der Waals surface area contributed by atoms with Gasteiger partial charge >= 0.3 is 6.18 Å². The van der Waals surface area contributed by atoms with Gasteiger partial charge in [0.15, 0.2) is 0 Å². The fraction of sp³-hybridized carbons (Fsp3) is 0.235. The topological polar surface area (TPSA) is 33.0 Å². The maximum Gasteiger partial charge on any atom is 0.416 e. The van der Waals surface area contributed by atoms with E-state index < -0.39 is 17.3 Å². The van der Waals surface area contributed by atoms with Crippen molar-refractivity contribution in [1.82, 2.24) is 0 Å². The van der Waals surface area contributed by atoms with Gasteiger partial charge < -0.3 is 4.74 Å². The molecule has 0 aromatic heterocycles. The molecule has 0 spiro atoms. The van der Waals surface area contributed by atoms with Gasteiger partial charge in [0, 0.05) is 17.5 Å². The third-order valence-electron chi connectivity index (χ3n) is 3.92. The normalized spacial score (nSPS) is 19.6. The maximum atomic E-state index is 12.9. The van der Waals surface area contributed by atoms with Crippen LogP contribution in [-0.4, -0.2) is 0 Å². The first-order valence-electron chi connectivity index (χ1n) is 6.82. The zero-order valence-corrected chi connectivity index (χ0v) is 11.7. The second kappa shape index (κ2) is 4.77. The average molecular weight is 303 g/mol. The molecule has 2 aromatic rings. The molecule has 0 aliphatic carbocycles. The molecule has 0 N–H and O–H groups in total. The number of nitrogens with zero attached hydrogens (tertiary/aromatic N) is 1. The standard InChI is InChI=1S/C17H12F3NO/c1-2-16(10-21)14-6-4-3-5-12(14)13-9-11(17(18,19)20)7-8-15(13)22-16/h3-9H,2H2,1H3. The summed E-state index contributed by atoms with van der Waals surface area (Å²) in [6.45, 7) is 1.81. The predicted octanol–water partition coefficient (Wildman–Crippen LogP) is 4.89. The van der Waals surface area contributed by atoms with E-state index in [2.05, 4.69) is 6.07 Å². The van der Waals surface area contributed by atoms with Crippen LogP contribution in [0.4, 0.5) is 13.2 Å². The van der Waals surface area contributed by atoms with Crippen LogP contribution in [0.15, 0.2) is 42.5 Å². The van der Waals surface area contributed by atoms with Crippen LogP contribution < -0.4 is 4.74 Å². The molecule has 112 valence electrons. The number of alkyl halides is 3. The fourth-order valence-corrected chi connectivity index (χ4v) is 2.74. The molecule has 2 nitrogen and oxygen atoms in total. The van der Waals surface area contributed by atoms with Gasteiger partial charge in [-0.25, -0.2) is 0 Å². The first-order valence-corrected chi connectivity index (χ1v) is 6.82. The second-order valence-electron chi connectivity index (χ2n) is 5.15. The third kappa shape index (κ3) is 2.03. The Balaban J connectivity index is 2.27. The molecule has 22 heavy (non-hydrogen) atoms. The van der Waals surface area contributed by atoms with E-state index >= 15 is 0 Å². The monoisotopic (exact) mass is 303 g/mol. The molecular weight excluding hydrogens is 291 g/mol. The molecule has 1 atom stereocenters. The maximum absolute atomic E-state index is 12.9. The summed E-state index contributed by atoms with van der Waals surface area (Å²) in [7, 11) is 0. The van der Waals surface area contributed by atoms with E-state index in [4.69, 9.17) is 4.74 Å². The van der Waals surface area contributed by atoms with E-state index in [0.29, 0.717) is 28.9 Å². The lowest BCUT2D eigenvalue weighted by Gasteiger charge is -2.34. The van der Waals surface area contributed by atoms with E-state index in [1.54, 1.807) is 24.3 Å². The van der Waals surface area contributed by atoms with Gasteiger partial charge in [-0.1, -0.05) is 31.2 Å². The molecular formula is C17H12F3NO. The SMILES string of the molecule is CCC1(C#N)Oc2ccc(C(F)(F)F)cc2-c2ccccc21. The summed E-state index contributed by atoms with van der Waals surface area (Å²) in [5.74, 6) is 0.301. The smallest absolute Gasteiger partial charge is 0.416 e. The number of hydrogen-bond acceptors (Lipinski definition) is 2. The average Bonchev–Trinajstić information content (AvgIpc) is 2.52. The summed E-state index contributed by atoms with van der Waals surface area (Å²) in [4.78, 5) is 0. The van der Waals surface area contributed by atoms with Crippen molar-refractivity contribution < 1.29 is 17.9 Å². The van der Waals surface area contributed by atoms with Crippen LogP contribution in [-0.2, 0) is 11.8 Å². The Kier molecular flexibility index (Phi) is 3.13. The Hall–Kier alpha value is -2.48. The van der Waals surface area contributed by atoms with E-state index in [9.17, 15) is 18.4 Å². The summed E-state index contributed by atoms with van der Waals surface area (Å²) in [5, 5.41) is 9.54. The summed E-state index contributed by atoms with van der Waals surface area (Å²) in [6.07, 6.45) is -4.01. The number of hydrogen-bond donors (Lipinski definition) is 0. The Labute approximate surface area is 125 Å². The van der Waals surface area contributed by atoms with Crippen molar-refractivity contribution in [1.29, 1.82) is 5.26 Å². The van der Waals surface area contributed by atoms with Gasteiger partial charge in [0.05, 0.1) is 5.56 Å². The summed E-state index contributed by atoms with van der Waals surface area (Å²) in [5.41, 5.74) is -0.316. The first kappa shape index (κ1) is 14.5. The third-order valence-corrected chi connectivity index (χ3v) is 3.92. The van der Waals surface area contributed by atoms with Crippen LogP contribution in [0.2, 0.25) is 0 Å². The predicted molar refractivity (Wildman–Crippen MR) is 75.1 cm³/mol. The molecule has 1 aliphatic rings. The summed E-state index contributed by atoms with van der Waals surface area (Å²) >= 11 is 0. The molecule has 1 unspecified atom stereocenters. The number of rotatable bonds is 1. The summed E-state index contributed by atoms with van der Waals surface area (Å²) in [6, 6.07) is 12.4. The van der Waals surface area contributed by atoms with Gasteiger partial charge in [0.2, 0.25) is 5.60 Å². The molecule has 1 heterocycles. The number of nitriles is 1. The van der Waals surface area contributed by atoms with Gasteiger partial charge in [-0.2, -0.15) is 18.4 Å². The van der Waals surface area contributed by atoms with E-state index in [-0.39, 0.29) is 0 Å². The Morgan fingerprint density at radius 2 is 1.86 bits per heavy atom. The van der Waals surface area contributed by atoms with E-state index in [1.807, 2.05) is 6.92 Å². The quantitative estimate of drug-likeness (QED) is 0.751. The highest BCUT2D eigenvalue weighted by molar-refractivity contribution is 5.78. The first-order chi connectivity index (χ1) is 10.4. The van der Waals surface area contributed by atoms with Crippen LogP contribution in [0.3, 0.4) is 0 Å². The minimum Gasteiger partial charge on any atom is -0.467 e. The van der Waals surface area contributed by atoms with Crippen LogP contribution in [0.25, 0.3) is 11.1 Å². The van der Waals surface area contributed by atoms with Gasteiger partial charge in [0.25, 0.3) is 0 Å². The molecule has 1 aliphatic heterocycles. The van der Waals surface area contributed by atoms with Gasteiger partial charge in [0.1, 0.15) is 11.8 Å². The molecule has 0 fully saturated rings. The minimum atomic E-state index is -4.42. The fourth-order valence-electron chi connectivity index (χ4n) is 2.74. The zero-order valence-electron chi connectivity index (χ0n) is 11.7. The Morgan fingerprint density at radius 1 is 1.14 bits per heavy atom. The number of halogens is 3. The second-order valence-corrected chi connectivity index (χ2v) is 5.15. The van der Waals surface area contributed by atoms with E-state index in [1.165, 1.54) is 6.07 Å². The molecule has 0 bridgehead atoms. The van der Waals surface area contributed by atoms with Crippen LogP contribution in [0.1, 0.15) is 24.5 Å². The van der Waals surface area contributed by atoms with Crippen LogP contribution in [0, 0.1) is 11.3 Å². The molecule has 2 aromatic carbocycles. The molecule has 0 saturated carbocycles. The van der Waals surface area contributed by atoms with Crippen molar-refractivity contribution in [2.75, 3.05) is 0 Å². The molecule has 5 heteroatoms. The van der Waals surface area contributed by atoms with Crippen molar-refractivity contribution in [3.8, 4) is 22.9 Å². The van der Waals surface area contributed by atoms with Gasteiger partial charge in [-0.15, -0.1) is 0 Å². The van der Waals surface area contributed by atoms with Crippen molar-refractivity contribution in [2.24, 2.45) is 0 Å². The Morgan fingerprint density at radius 3 is 2.50 bits per heavy atom. The molecule has 0 amide bonds.